The van der Waals surface area contributed by atoms with E-state index in [9.17, 15) is 4.57 Å². The van der Waals surface area contributed by atoms with Crippen LogP contribution in [0.25, 0.3) is 0 Å². The Morgan fingerprint density at radius 3 is 1.68 bits per heavy atom. The Hall–Kier alpha value is -2.23. The van der Waals surface area contributed by atoms with E-state index in [-0.39, 0.29) is 0 Å². The maximum Gasteiger partial charge on any atom is 0.541 e. The first-order valence-corrected chi connectivity index (χ1v) is 11.3. The molecular weight excluding hydrogens is 437 g/mol. The second-order valence-electron chi connectivity index (χ2n) is 6.69. The molecule has 4 nitrogen and oxygen atoms in total. The summed E-state index contributed by atoms with van der Waals surface area (Å²) in [6.07, 6.45) is 0. The zero-order valence-corrected chi connectivity index (χ0v) is 18.8. The summed E-state index contributed by atoms with van der Waals surface area (Å²) < 4.78 is 26.6. The fourth-order valence-electron chi connectivity index (χ4n) is 2.65. The maximum absolute atomic E-state index is 13.8. The van der Waals surface area contributed by atoms with Crippen molar-refractivity contribution in [3.63, 3.8) is 0 Å². The highest BCUT2D eigenvalue weighted by Gasteiger charge is 2.30. The van der Waals surface area contributed by atoms with Gasteiger partial charge in [0.25, 0.3) is 0 Å². The average Bonchev–Trinajstić information content (AvgIpc) is 2.65. The van der Waals surface area contributed by atoms with Gasteiger partial charge in [-0.1, -0.05) is 40.2 Å². The summed E-state index contributed by atoms with van der Waals surface area (Å²) in [4.78, 5) is 0. The molecule has 28 heavy (non-hydrogen) atoms. The summed E-state index contributed by atoms with van der Waals surface area (Å²) in [7, 11) is -3.76. The number of rotatable bonds is 6. The highest BCUT2D eigenvalue weighted by atomic mass is 79.9. The molecule has 0 fully saturated rings. The van der Waals surface area contributed by atoms with Gasteiger partial charge >= 0.3 is 7.75 Å². The van der Waals surface area contributed by atoms with Gasteiger partial charge in [-0.3, -0.25) is 5.09 Å². The van der Waals surface area contributed by atoms with Crippen molar-refractivity contribution in [3.05, 3.63) is 87.4 Å². The first-order valence-electron chi connectivity index (χ1n) is 8.93. The second-order valence-corrected chi connectivity index (χ2v) is 9.19. The minimum Gasteiger partial charge on any atom is -0.400 e. The topological polar surface area (TPSA) is 47.6 Å². The molecule has 0 saturated heterocycles. The van der Waals surface area contributed by atoms with Gasteiger partial charge in [-0.2, -0.15) is 0 Å². The zero-order chi connectivity index (χ0) is 20.3. The van der Waals surface area contributed by atoms with E-state index in [2.05, 4.69) is 21.0 Å². The minimum absolute atomic E-state index is 0.526. The minimum atomic E-state index is -3.76. The van der Waals surface area contributed by atoms with Crippen molar-refractivity contribution in [2.24, 2.45) is 0 Å². The molecule has 0 amide bonds. The van der Waals surface area contributed by atoms with Crippen LogP contribution in [0.15, 0.2) is 65.1 Å². The normalized spacial score (nSPS) is 11.2. The second kappa shape index (κ2) is 8.42. The molecule has 3 aromatic rings. The number of aryl methyl sites for hydroxylation is 2. The zero-order valence-electron chi connectivity index (χ0n) is 16.3. The molecule has 0 atom stereocenters. The largest absolute Gasteiger partial charge is 0.541 e. The number of hydrogen-bond donors (Lipinski definition) is 1. The number of halogens is 1. The van der Waals surface area contributed by atoms with Crippen LogP contribution in [0.2, 0.25) is 0 Å². The van der Waals surface area contributed by atoms with Crippen molar-refractivity contribution < 1.29 is 13.6 Å². The number of nitrogens with one attached hydrogen (secondary N) is 1. The van der Waals surface area contributed by atoms with Crippen LogP contribution < -0.4 is 14.1 Å². The molecule has 0 saturated carbocycles. The van der Waals surface area contributed by atoms with Crippen molar-refractivity contribution >= 4 is 29.4 Å². The number of anilines is 1. The average molecular weight is 460 g/mol. The van der Waals surface area contributed by atoms with E-state index in [1.54, 1.807) is 12.1 Å². The molecule has 0 heterocycles. The van der Waals surface area contributed by atoms with Crippen molar-refractivity contribution in [1.29, 1.82) is 0 Å². The Labute approximate surface area is 174 Å². The Kier molecular flexibility index (Phi) is 6.17. The van der Waals surface area contributed by atoms with Gasteiger partial charge in [-0.15, -0.1) is 0 Å². The molecule has 1 N–H and O–H groups in total. The van der Waals surface area contributed by atoms with Crippen molar-refractivity contribution in [1.82, 2.24) is 0 Å². The van der Waals surface area contributed by atoms with Crippen LogP contribution in [0.1, 0.15) is 22.3 Å². The highest BCUT2D eigenvalue weighted by molar-refractivity contribution is 9.10. The van der Waals surface area contributed by atoms with Crippen molar-refractivity contribution in [3.8, 4) is 11.5 Å². The predicted octanol–water partition coefficient (Wildman–Crippen LogP) is 7.36. The van der Waals surface area contributed by atoms with Crippen LogP contribution in [0.4, 0.5) is 5.69 Å². The monoisotopic (exact) mass is 459 g/mol. The first kappa shape index (κ1) is 20.5. The van der Waals surface area contributed by atoms with Crippen LogP contribution in [-0.2, 0) is 4.57 Å². The van der Waals surface area contributed by atoms with E-state index in [4.69, 9.17) is 9.05 Å². The quantitative estimate of drug-likeness (QED) is 0.391. The molecule has 146 valence electrons. The van der Waals surface area contributed by atoms with E-state index in [0.29, 0.717) is 17.2 Å². The molecule has 0 unspecified atom stereocenters. The lowest BCUT2D eigenvalue weighted by atomic mass is 10.1. The van der Waals surface area contributed by atoms with Crippen molar-refractivity contribution in [2.75, 3.05) is 5.09 Å². The van der Waals surface area contributed by atoms with E-state index in [1.165, 1.54) is 0 Å². The summed E-state index contributed by atoms with van der Waals surface area (Å²) in [5.41, 5.74) is 4.59. The Bertz CT molecular complexity index is 977. The van der Waals surface area contributed by atoms with Gasteiger partial charge in [0.05, 0.1) is 0 Å². The molecular formula is C22H23BrNO3P. The Morgan fingerprint density at radius 1 is 0.750 bits per heavy atom. The van der Waals surface area contributed by atoms with Crippen LogP contribution in [-0.4, -0.2) is 0 Å². The van der Waals surface area contributed by atoms with E-state index >= 15 is 0 Å². The van der Waals surface area contributed by atoms with E-state index in [1.807, 2.05) is 76.2 Å². The summed E-state index contributed by atoms with van der Waals surface area (Å²) in [6, 6.07) is 18.7. The van der Waals surface area contributed by atoms with E-state index < -0.39 is 7.75 Å². The molecule has 3 rings (SSSR count). The van der Waals surface area contributed by atoms with Gasteiger partial charge in [-0.25, -0.2) is 4.57 Å². The van der Waals surface area contributed by atoms with Crippen LogP contribution in [0.3, 0.4) is 0 Å². The third-order valence-electron chi connectivity index (χ3n) is 4.66. The lowest BCUT2D eigenvalue weighted by Gasteiger charge is -2.23. The molecule has 6 heteroatoms. The van der Waals surface area contributed by atoms with E-state index in [0.717, 1.165) is 26.7 Å². The summed E-state index contributed by atoms with van der Waals surface area (Å²) in [5, 5.41) is 2.96. The molecule has 0 aromatic heterocycles. The first-order chi connectivity index (χ1) is 13.3. The van der Waals surface area contributed by atoms with Crippen LogP contribution >= 0.6 is 23.7 Å². The highest BCUT2D eigenvalue weighted by Crippen LogP contribution is 2.50. The molecule has 0 radical (unpaired) electrons. The summed E-state index contributed by atoms with van der Waals surface area (Å²) in [6.45, 7) is 7.85. The molecule has 0 aliphatic rings. The van der Waals surface area contributed by atoms with Gasteiger partial charge in [-0.05, 0) is 86.3 Å². The van der Waals surface area contributed by atoms with Gasteiger partial charge in [0.1, 0.15) is 11.5 Å². The smallest absolute Gasteiger partial charge is 0.400 e. The third-order valence-corrected chi connectivity index (χ3v) is 6.59. The maximum atomic E-state index is 13.8. The van der Waals surface area contributed by atoms with Gasteiger partial charge < -0.3 is 9.05 Å². The lowest BCUT2D eigenvalue weighted by Crippen LogP contribution is -2.11. The van der Waals surface area contributed by atoms with Crippen molar-refractivity contribution in [2.45, 2.75) is 27.7 Å². The SMILES string of the molecule is Cc1cccc(OP(=O)(Nc2ccc(Br)cc2)Oc2cccc(C)c2C)c1C. The Balaban J connectivity index is 1.99. The van der Waals surface area contributed by atoms with Crippen LogP contribution in [0, 0.1) is 27.7 Å². The number of benzene rings is 3. The molecule has 3 aromatic carbocycles. The lowest BCUT2D eigenvalue weighted by molar-refractivity contribution is 0.390. The summed E-state index contributed by atoms with van der Waals surface area (Å²) in [5.74, 6) is 1.05. The molecule has 0 aliphatic carbocycles. The predicted molar refractivity (Wildman–Crippen MR) is 118 cm³/mol. The van der Waals surface area contributed by atoms with Gasteiger partial charge in [0, 0.05) is 10.2 Å². The standard InChI is InChI=1S/C22H23BrNO3P/c1-15-7-5-9-21(17(15)3)26-28(25,24-20-13-11-19(23)12-14-20)27-22-10-6-8-16(2)18(22)4/h5-14H,1-4H3,(H,24,25). The molecule has 0 spiro atoms. The van der Waals surface area contributed by atoms with Gasteiger partial charge in [0.15, 0.2) is 0 Å². The number of hydrogen-bond acceptors (Lipinski definition) is 3. The Morgan fingerprint density at radius 2 is 1.21 bits per heavy atom. The molecule has 0 bridgehead atoms. The third kappa shape index (κ3) is 4.78. The van der Waals surface area contributed by atoms with Gasteiger partial charge in [0.2, 0.25) is 0 Å². The summed E-state index contributed by atoms with van der Waals surface area (Å²) >= 11 is 3.41. The fourth-order valence-corrected chi connectivity index (χ4v) is 4.42. The molecule has 0 aliphatic heterocycles. The fraction of sp³-hybridized carbons (Fsp3) is 0.182. The van der Waals surface area contributed by atoms with Crippen LogP contribution in [0.5, 0.6) is 11.5 Å².